The fraction of sp³-hybridized carbons (Fsp3) is 0.233. The number of nitrogens with zero attached hydrogens (tertiary/aromatic N) is 2. The monoisotopic (exact) mass is 696 g/mol. The number of ether oxygens (including phenoxy) is 4. The van der Waals surface area contributed by atoms with Gasteiger partial charge < -0.3 is 23.8 Å². The highest BCUT2D eigenvalue weighted by Gasteiger charge is 2.53. The van der Waals surface area contributed by atoms with Crippen LogP contribution in [0.4, 0.5) is 4.79 Å². The average molecular weight is 697 g/mol. The molecular formula is C43H40N2O7. The van der Waals surface area contributed by atoms with Crippen molar-refractivity contribution in [2.75, 3.05) is 6.54 Å². The maximum absolute atomic E-state index is 15.1. The van der Waals surface area contributed by atoms with Crippen LogP contribution >= 0.6 is 0 Å². The van der Waals surface area contributed by atoms with Gasteiger partial charge in [-0.3, -0.25) is 9.69 Å². The first kappa shape index (κ1) is 34.7. The van der Waals surface area contributed by atoms with E-state index in [2.05, 4.69) is 0 Å². The van der Waals surface area contributed by atoms with Gasteiger partial charge in [-0.15, -0.1) is 0 Å². The van der Waals surface area contributed by atoms with Gasteiger partial charge in [0.05, 0.1) is 26.1 Å². The van der Waals surface area contributed by atoms with E-state index in [0.29, 0.717) is 0 Å². The molecule has 2 heterocycles. The fourth-order valence-corrected chi connectivity index (χ4v) is 6.62. The van der Waals surface area contributed by atoms with Crippen LogP contribution in [-0.4, -0.2) is 58.8 Å². The van der Waals surface area contributed by atoms with Gasteiger partial charge in [0, 0.05) is 0 Å². The van der Waals surface area contributed by atoms with Crippen LogP contribution in [0.15, 0.2) is 152 Å². The largest absolute Gasteiger partial charge is 0.451 e. The van der Waals surface area contributed by atoms with Crippen LogP contribution < -0.4 is 0 Å². The molecule has 0 spiro atoms. The summed E-state index contributed by atoms with van der Waals surface area (Å²) in [4.78, 5) is 45.1. The van der Waals surface area contributed by atoms with E-state index in [1.807, 2.05) is 152 Å². The minimum Gasteiger partial charge on any atom is -0.451 e. The molecule has 5 aromatic carbocycles. The first-order chi connectivity index (χ1) is 25.5. The Labute approximate surface area is 303 Å². The lowest BCUT2D eigenvalue weighted by molar-refractivity contribution is -0.173. The number of hydrogen-bond donors (Lipinski definition) is 0. The highest BCUT2D eigenvalue weighted by Crippen LogP contribution is 2.35. The van der Waals surface area contributed by atoms with E-state index in [4.69, 9.17) is 18.9 Å². The zero-order valence-corrected chi connectivity index (χ0v) is 28.6. The molecule has 2 saturated heterocycles. The van der Waals surface area contributed by atoms with Crippen LogP contribution in [0, 0.1) is 0 Å². The van der Waals surface area contributed by atoms with Crippen molar-refractivity contribution in [2.24, 2.45) is 0 Å². The van der Waals surface area contributed by atoms with Gasteiger partial charge >= 0.3 is 12.1 Å². The standard InChI is InChI=1S/C43H40N2O7/c46-37-26-38-44(37)28-36(51-38)41(49-29-32-18-8-2-9-19-32)39(42(47)52-40(34-22-12-4-13-23-34)35-24-14-5-15-25-35)45(27-31-16-6-1-7-17-31)43(48)50-30-33-20-10-3-11-21-33/h1-25,36,38-41H,26-30H2/t36-,38+,39+,41+/m1/s1. The first-order valence-electron chi connectivity index (χ1n) is 17.5. The Bertz CT molecular complexity index is 1870. The topological polar surface area (TPSA) is 94.6 Å². The molecule has 0 aromatic heterocycles. The maximum Gasteiger partial charge on any atom is 0.411 e. The summed E-state index contributed by atoms with van der Waals surface area (Å²) in [5, 5.41) is 0. The zero-order chi connectivity index (χ0) is 35.7. The molecule has 2 amide bonds. The summed E-state index contributed by atoms with van der Waals surface area (Å²) in [5.74, 6) is -0.738. The summed E-state index contributed by atoms with van der Waals surface area (Å²) in [6.07, 6.45) is -3.50. The number of hydrogen-bond acceptors (Lipinski definition) is 7. The molecule has 0 radical (unpaired) electrons. The maximum atomic E-state index is 15.1. The minimum absolute atomic E-state index is 0.0107. The Balaban J connectivity index is 1.30. The van der Waals surface area contributed by atoms with E-state index in [0.717, 1.165) is 27.8 Å². The molecule has 2 aliphatic heterocycles. The van der Waals surface area contributed by atoms with E-state index in [1.54, 1.807) is 4.90 Å². The summed E-state index contributed by atoms with van der Waals surface area (Å²) >= 11 is 0. The van der Waals surface area contributed by atoms with Gasteiger partial charge in [0.1, 0.15) is 25.0 Å². The molecule has 0 N–H and O–H groups in total. The van der Waals surface area contributed by atoms with Crippen molar-refractivity contribution < 1.29 is 33.3 Å². The Morgan fingerprint density at radius 2 is 1.19 bits per heavy atom. The number of benzene rings is 5. The smallest absolute Gasteiger partial charge is 0.411 e. The van der Waals surface area contributed by atoms with Gasteiger partial charge in [0.25, 0.3) is 0 Å². The van der Waals surface area contributed by atoms with Crippen LogP contribution in [0.25, 0.3) is 0 Å². The summed E-state index contributed by atoms with van der Waals surface area (Å²) in [7, 11) is 0. The molecule has 2 fully saturated rings. The van der Waals surface area contributed by atoms with Crippen LogP contribution in [0.1, 0.15) is 40.3 Å². The third-order valence-electron chi connectivity index (χ3n) is 9.34. The van der Waals surface area contributed by atoms with Crippen LogP contribution in [-0.2, 0) is 48.3 Å². The highest BCUT2D eigenvalue weighted by molar-refractivity contribution is 5.84. The van der Waals surface area contributed by atoms with Gasteiger partial charge in [-0.05, 0) is 27.8 Å². The molecule has 5 aromatic rings. The van der Waals surface area contributed by atoms with Gasteiger partial charge in [-0.25, -0.2) is 9.59 Å². The third kappa shape index (κ3) is 8.23. The second kappa shape index (κ2) is 16.5. The molecule has 9 heteroatoms. The number of amides is 2. The summed E-state index contributed by atoms with van der Waals surface area (Å²) in [5.41, 5.74) is 3.95. The second-order valence-corrected chi connectivity index (χ2v) is 12.9. The normalized spacial score (nSPS) is 17.5. The Morgan fingerprint density at radius 1 is 0.692 bits per heavy atom. The van der Waals surface area contributed by atoms with Crippen molar-refractivity contribution in [3.8, 4) is 0 Å². The first-order valence-corrected chi connectivity index (χ1v) is 17.5. The number of rotatable bonds is 14. The number of fused-ring (bicyclic) bond motifs is 1. The summed E-state index contributed by atoms with van der Waals surface area (Å²) in [6, 6.07) is 45.9. The second-order valence-electron chi connectivity index (χ2n) is 12.9. The number of β-lactam (4-membered cyclic amide) rings is 1. The van der Waals surface area contributed by atoms with Crippen molar-refractivity contribution in [2.45, 2.75) is 56.8 Å². The van der Waals surface area contributed by atoms with Crippen molar-refractivity contribution in [3.63, 3.8) is 0 Å². The van der Waals surface area contributed by atoms with Crippen molar-refractivity contribution in [1.29, 1.82) is 0 Å². The number of esters is 1. The molecule has 0 aliphatic carbocycles. The van der Waals surface area contributed by atoms with Crippen molar-refractivity contribution >= 4 is 18.0 Å². The van der Waals surface area contributed by atoms with E-state index in [-0.39, 0.29) is 38.6 Å². The van der Waals surface area contributed by atoms with Gasteiger partial charge in [-0.1, -0.05) is 152 Å². The molecule has 2 aliphatic rings. The average Bonchev–Trinajstić information content (AvgIpc) is 3.55. The quantitative estimate of drug-likeness (QED) is 0.0906. The minimum atomic E-state index is -1.35. The zero-order valence-electron chi connectivity index (χ0n) is 28.6. The van der Waals surface area contributed by atoms with Gasteiger partial charge in [0.2, 0.25) is 5.91 Å². The van der Waals surface area contributed by atoms with Gasteiger partial charge in [-0.2, -0.15) is 0 Å². The molecule has 52 heavy (non-hydrogen) atoms. The van der Waals surface area contributed by atoms with E-state index >= 15 is 4.79 Å². The lowest BCUT2D eigenvalue weighted by atomic mass is 9.99. The lowest BCUT2D eigenvalue weighted by Gasteiger charge is -2.37. The summed E-state index contributed by atoms with van der Waals surface area (Å²) < 4.78 is 25.5. The molecule has 264 valence electrons. The molecule has 0 bridgehead atoms. The SMILES string of the molecule is O=C(OC(c1ccccc1)c1ccccc1)[C@H]([C@@H](OCc1ccccc1)[C@H]1CN2C(=O)C[C@@H]2O1)N(Cc1ccccc1)C(=O)OCc1ccccc1. The molecular weight excluding hydrogens is 656 g/mol. The number of carbonyl (C=O) groups is 3. The Hall–Kier alpha value is -5.77. The van der Waals surface area contributed by atoms with E-state index in [1.165, 1.54) is 4.90 Å². The Kier molecular flexibility index (Phi) is 11.0. The predicted molar refractivity (Wildman–Crippen MR) is 193 cm³/mol. The lowest BCUT2D eigenvalue weighted by Crippen LogP contribution is -2.57. The van der Waals surface area contributed by atoms with Crippen LogP contribution in [0.3, 0.4) is 0 Å². The molecule has 4 atom stereocenters. The molecule has 0 unspecified atom stereocenters. The van der Waals surface area contributed by atoms with Crippen molar-refractivity contribution in [3.05, 3.63) is 179 Å². The third-order valence-corrected chi connectivity index (χ3v) is 9.34. The van der Waals surface area contributed by atoms with E-state index < -0.39 is 42.6 Å². The highest BCUT2D eigenvalue weighted by atomic mass is 16.6. The summed E-state index contributed by atoms with van der Waals surface area (Å²) in [6.45, 7) is 0.321. The van der Waals surface area contributed by atoms with Crippen molar-refractivity contribution in [1.82, 2.24) is 9.80 Å². The predicted octanol–water partition coefficient (Wildman–Crippen LogP) is 7.07. The van der Waals surface area contributed by atoms with Crippen LogP contribution in [0.5, 0.6) is 0 Å². The van der Waals surface area contributed by atoms with Crippen LogP contribution in [0.2, 0.25) is 0 Å². The number of carbonyl (C=O) groups excluding carboxylic acids is 3. The molecule has 7 rings (SSSR count). The Morgan fingerprint density at radius 3 is 1.71 bits per heavy atom. The fourth-order valence-electron chi connectivity index (χ4n) is 6.62. The van der Waals surface area contributed by atoms with E-state index in [9.17, 15) is 9.59 Å². The molecule has 9 nitrogen and oxygen atoms in total. The molecule has 0 saturated carbocycles. The van der Waals surface area contributed by atoms with Gasteiger partial charge in [0.15, 0.2) is 12.1 Å².